The maximum atomic E-state index is 5.43. The fourth-order valence-electron chi connectivity index (χ4n) is 1.36. The van der Waals surface area contributed by atoms with E-state index in [1.54, 1.807) is 11.0 Å². The molecule has 0 amide bonds. The van der Waals surface area contributed by atoms with E-state index in [1.165, 1.54) is 0 Å². The van der Waals surface area contributed by atoms with Gasteiger partial charge in [0, 0.05) is 20.0 Å². The van der Waals surface area contributed by atoms with E-state index >= 15 is 0 Å². The van der Waals surface area contributed by atoms with Crippen molar-refractivity contribution >= 4 is 22.6 Å². The van der Waals surface area contributed by atoms with E-state index in [0.29, 0.717) is 0 Å². The van der Waals surface area contributed by atoms with Crippen molar-refractivity contribution in [2.75, 3.05) is 6.54 Å². The highest BCUT2D eigenvalue weighted by atomic mass is 127. The molecule has 2 aromatic heterocycles. The van der Waals surface area contributed by atoms with Gasteiger partial charge in [-0.2, -0.15) is 5.10 Å². The van der Waals surface area contributed by atoms with Crippen LogP contribution in [0.1, 0.15) is 11.6 Å². The molecule has 0 spiro atoms. The SMILES string of the molecule is Cn1cnc(CCNCc2ccc(I)o2)n1. The minimum absolute atomic E-state index is 0.746. The summed E-state index contributed by atoms with van der Waals surface area (Å²) in [4.78, 5) is 4.15. The Morgan fingerprint density at radius 3 is 3.00 bits per heavy atom. The van der Waals surface area contributed by atoms with Crippen LogP contribution in [0.2, 0.25) is 0 Å². The summed E-state index contributed by atoms with van der Waals surface area (Å²) in [6, 6.07) is 3.94. The van der Waals surface area contributed by atoms with Gasteiger partial charge >= 0.3 is 0 Å². The normalized spacial score (nSPS) is 10.9. The summed E-state index contributed by atoms with van der Waals surface area (Å²) in [6.07, 6.45) is 2.54. The lowest BCUT2D eigenvalue weighted by Crippen LogP contribution is -2.16. The largest absolute Gasteiger partial charge is 0.454 e. The first-order chi connectivity index (χ1) is 7.74. The predicted octanol–water partition coefficient (Wildman–Crippen LogP) is 1.34. The summed E-state index contributed by atoms with van der Waals surface area (Å²) in [5, 5.41) is 7.49. The van der Waals surface area contributed by atoms with Crippen LogP contribution in [-0.2, 0) is 20.0 Å². The van der Waals surface area contributed by atoms with E-state index in [0.717, 1.165) is 34.9 Å². The van der Waals surface area contributed by atoms with Crippen molar-refractivity contribution in [2.24, 2.45) is 7.05 Å². The van der Waals surface area contributed by atoms with Gasteiger partial charge in [0.15, 0.2) is 9.59 Å². The van der Waals surface area contributed by atoms with Gasteiger partial charge in [-0.25, -0.2) is 4.98 Å². The number of aromatic nitrogens is 3. The molecule has 0 fully saturated rings. The number of nitrogens with one attached hydrogen (secondary N) is 1. The van der Waals surface area contributed by atoms with Crippen LogP contribution in [0.5, 0.6) is 0 Å². The Labute approximate surface area is 107 Å². The lowest BCUT2D eigenvalue weighted by molar-refractivity contribution is 0.463. The number of hydrogen-bond donors (Lipinski definition) is 1. The Hall–Kier alpha value is -0.890. The molecule has 5 nitrogen and oxygen atoms in total. The van der Waals surface area contributed by atoms with Gasteiger partial charge in [-0.05, 0) is 34.7 Å². The first-order valence-corrected chi connectivity index (χ1v) is 6.11. The summed E-state index contributed by atoms with van der Waals surface area (Å²) in [5.74, 6) is 1.82. The minimum atomic E-state index is 0.746. The molecule has 0 aromatic carbocycles. The summed E-state index contributed by atoms with van der Waals surface area (Å²) < 4.78 is 8.06. The molecule has 1 N–H and O–H groups in total. The molecular formula is C10H13IN4O. The Kier molecular flexibility index (Phi) is 3.94. The van der Waals surface area contributed by atoms with Crippen molar-refractivity contribution in [3.8, 4) is 0 Å². The van der Waals surface area contributed by atoms with Crippen LogP contribution < -0.4 is 5.32 Å². The van der Waals surface area contributed by atoms with E-state index in [9.17, 15) is 0 Å². The highest BCUT2D eigenvalue weighted by Crippen LogP contribution is 2.09. The highest BCUT2D eigenvalue weighted by Gasteiger charge is 2.00. The van der Waals surface area contributed by atoms with E-state index in [2.05, 4.69) is 38.0 Å². The summed E-state index contributed by atoms with van der Waals surface area (Å²) >= 11 is 2.16. The van der Waals surface area contributed by atoms with Crippen molar-refractivity contribution in [1.29, 1.82) is 0 Å². The Morgan fingerprint density at radius 1 is 1.50 bits per heavy atom. The number of nitrogens with zero attached hydrogens (tertiary/aromatic N) is 3. The number of rotatable bonds is 5. The monoisotopic (exact) mass is 332 g/mol. The Balaban J connectivity index is 1.69. The van der Waals surface area contributed by atoms with Crippen molar-refractivity contribution in [3.63, 3.8) is 0 Å². The Bertz CT molecular complexity index is 409. The molecule has 0 aliphatic carbocycles. The number of hydrogen-bond acceptors (Lipinski definition) is 4. The van der Waals surface area contributed by atoms with Crippen molar-refractivity contribution < 1.29 is 4.42 Å². The fourth-order valence-corrected chi connectivity index (χ4v) is 1.82. The predicted molar refractivity (Wildman–Crippen MR) is 67.8 cm³/mol. The lowest BCUT2D eigenvalue weighted by atomic mass is 10.4. The molecule has 6 heteroatoms. The van der Waals surface area contributed by atoms with Gasteiger partial charge in [0.25, 0.3) is 0 Å². The van der Waals surface area contributed by atoms with Crippen LogP contribution in [0.4, 0.5) is 0 Å². The molecule has 2 heterocycles. The van der Waals surface area contributed by atoms with E-state index < -0.39 is 0 Å². The lowest BCUT2D eigenvalue weighted by Gasteiger charge is -1.99. The maximum absolute atomic E-state index is 5.43. The second kappa shape index (κ2) is 5.44. The van der Waals surface area contributed by atoms with Gasteiger partial charge in [0.1, 0.15) is 12.1 Å². The van der Waals surface area contributed by atoms with Gasteiger partial charge in [-0.1, -0.05) is 0 Å². The first-order valence-electron chi connectivity index (χ1n) is 5.03. The molecule has 0 aliphatic heterocycles. The Morgan fingerprint density at radius 2 is 2.38 bits per heavy atom. The van der Waals surface area contributed by atoms with Gasteiger partial charge in [0.05, 0.1) is 6.54 Å². The van der Waals surface area contributed by atoms with E-state index in [4.69, 9.17) is 4.42 Å². The quantitative estimate of drug-likeness (QED) is 0.663. The molecule has 86 valence electrons. The van der Waals surface area contributed by atoms with Crippen LogP contribution >= 0.6 is 22.6 Å². The van der Waals surface area contributed by atoms with Crippen LogP contribution in [0.15, 0.2) is 22.9 Å². The third-order valence-corrected chi connectivity index (χ3v) is 2.68. The molecule has 0 radical (unpaired) electrons. The summed E-state index contributed by atoms with van der Waals surface area (Å²) in [6.45, 7) is 1.59. The summed E-state index contributed by atoms with van der Waals surface area (Å²) in [7, 11) is 1.87. The van der Waals surface area contributed by atoms with Gasteiger partial charge < -0.3 is 9.73 Å². The maximum Gasteiger partial charge on any atom is 0.164 e. The van der Waals surface area contributed by atoms with Gasteiger partial charge in [-0.3, -0.25) is 4.68 Å². The zero-order valence-electron chi connectivity index (χ0n) is 8.98. The second-order valence-electron chi connectivity index (χ2n) is 3.47. The number of furan rings is 1. The smallest absolute Gasteiger partial charge is 0.164 e. The molecule has 2 rings (SSSR count). The van der Waals surface area contributed by atoms with Crippen LogP contribution in [0.25, 0.3) is 0 Å². The van der Waals surface area contributed by atoms with Crippen molar-refractivity contribution in [3.05, 3.63) is 33.8 Å². The highest BCUT2D eigenvalue weighted by molar-refractivity contribution is 14.1. The molecular weight excluding hydrogens is 319 g/mol. The zero-order valence-corrected chi connectivity index (χ0v) is 11.1. The molecule has 0 saturated heterocycles. The fraction of sp³-hybridized carbons (Fsp3) is 0.400. The van der Waals surface area contributed by atoms with Crippen LogP contribution in [0.3, 0.4) is 0 Å². The molecule has 0 bridgehead atoms. The molecule has 0 saturated carbocycles. The molecule has 0 unspecified atom stereocenters. The first kappa shape index (κ1) is 11.6. The van der Waals surface area contributed by atoms with Crippen LogP contribution in [-0.4, -0.2) is 21.3 Å². The molecule has 16 heavy (non-hydrogen) atoms. The second-order valence-corrected chi connectivity index (χ2v) is 4.53. The average Bonchev–Trinajstić information content (AvgIpc) is 2.83. The van der Waals surface area contributed by atoms with E-state index in [1.807, 2.05) is 19.2 Å². The van der Waals surface area contributed by atoms with Gasteiger partial charge in [-0.15, -0.1) is 0 Å². The number of aryl methyl sites for hydroxylation is 1. The zero-order chi connectivity index (χ0) is 11.4. The molecule has 0 aliphatic rings. The van der Waals surface area contributed by atoms with E-state index in [-0.39, 0.29) is 0 Å². The van der Waals surface area contributed by atoms with Crippen molar-refractivity contribution in [2.45, 2.75) is 13.0 Å². The third kappa shape index (κ3) is 3.31. The topological polar surface area (TPSA) is 55.9 Å². The average molecular weight is 332 g/mol. The van der Waals surface area contributed by atoms with Crippen LogP contribution in [0, 0.1) is 3.77 Å². The van der Waals surface area contributed by atoms with Gasteiger partial charge in [0.2, 0.25) is 0 Å². The molecule has 0 atom stereocenters. The minimum Gasteiger partial charge on any atom is -0.454 e. The van der Waals surface area contributed by atoms with Crippen molar-refractivity contribution in [1.82, 2.24) is 20.1 Å². The third-order valence-electron chi connectivity index (χ3n) is 2.10. The summed E-state index contributed by atoms with van der Waals surface area (Å²) in [5.41, 5.74) is 0. The standard InChI is InChI=1S/C10H13IN4O/c1-15-7-13-10(14-15)4-5-12-6-8-2-3-9(11)16-8/h2-3,7,12H,4-6H2,1H3. The number of halogens is 1. The molecule has 2 aromatic rings.